The van der Waals surface area contributed by atoms with Gasteiger partial charge in [0.2, 0.25) is 0 Å². The minimum Gasteiger partial charge on any atom is -0.365 e. The average molecular weight is 254 g/mol. The van der Waals surface area contributed by atoms with Crippen LogP contribution >= 0.6 is 11.8 Å². The van der Waals surface area contributed by atoms with E-state index in [0.29, 0.717) is 0 Å². The van der Waals surface area contributed by atoms with E-state index in [-0.39, 0.29) is 11.2 Å². The fourth-order valence-electron chi connectivity index (χ4n) is 1.81. The van der Waals surface area contributed by atoms with Crippen LogP contribution < -0.4 is 5.32 Å². The molecule has 1 unspecified atom stereocenters. The normalized spacial score (nSPS) is 21.1. The van der Waals surface area contributed by atoms with Crippen LogP contribution in [0.2, 0.25) is 0 Å². The van der Waals surface area contributed by atoms with Crippen molar-refractivity contribution in [3.8, 4) is 11.8 Å². The number of nitrogens with one attached hydrogen (secondary N) is 1. The molecule has 18 heavy (non-hydrogen) atoms. The Balaban J connectivity index is 1.72. The lowest BCUT2D eigenvalue weighted by atomic mass is 10.1. The van der Waals surface area contributed by atoms with Crippen LogP contribution in [0.3, 0.4) is 0 Å². The third-order valence-corrected chi connectivity index (χ3v) is 3.79. The number of pyridine rings is 1. The Morgan fingerprint density at radius 3 is 3.22 bits per heavy atom. The molecule has 1 atom stereocenters. The Morgan fingerprint density at radius 1 is 1.50 bits per heavy atom. The second kappa shape index (κ2) is 4.71. The summed E-state index contributed by atoms with van der Waals surface area (Å²) in [6, 6.07) is 3.77. The summed E-state index contributed by atoms with van der Waals surface area (Å²) in [5, 5.41) is 3.23. The van der Waals surface area contributed by atoms with Crippen molar-refractivity contribution in [3.05, 3.63) is 52.8 Å². The maximum absolute atomic E-state index is 11.6. The minimum absolute atomic E-state index is 0.0425. The molecule has 2 heterocycles. The van der Waals surface area contributed by atoms with Crippen molar-refractivity contribution < 1.29 is 4.79 Å². The average Bonchev–Trinajstić information content (AvgIpc) is 2.82. The molecule has 0 saturated heterocycles. The van der Waals surface area contributed by atoms with E-state index in [2.05, 4.69) is 22.1 Å². The van der Waals surface area contributed by atoms with Gasteiger partial charge in [-0.1, -0.05) is 29.7 Å². The van der Waals surface area contributed by atoms with E-state index in [9.17, 15) is 4.79 Å². The number of hydrogen-bond acceptors (Lipinski definition) is 4. The molecule has 0 radical (unpaired) electrons. The zero-order chi connectivity index (χ0) is 12.4. The summed E-state index contributed by atoms with van der Waals surface area (Å²) in [6.45, 7) is 0. The molecular formula is C14H10N2OS. The first-order chi connectivity index (χ1) is 8.83. The van der Waals surface area contributed by atoms with Crippen LogP contribution in [-0.2, 0) is 4.79 Å². The molecule has 88 valence electrons. The van der Waals surface area contributed by atoms with Crippen molar-refractivity contribution in [2.45, 2.75) is 11.8 Å². The van der Waals surface area contributed by atoms with E-state index in [1.54, 1.807) is 18.5 Å². The van der Waals surface area contributed by atoms with Crippen molar-refractivity contribution in [2.75, 3.05) is 0 Å². The number of ketones is 1. The summed E-state index contributed by atoms with van der Waals surface area (Å²) >= 11 is 1.50. The number of hydrogen-bond donors (Lipinski definition) is 1. The fourth-order valence-corrected chi connectivity index (χ4v) is 2.83. The standard InChI is InChI=1S/C14H10N2OS/c17-12-5-1-4-11-14(12)18-13(16-11)7-6-10-3-2-8-15-9-10/h1-3,5,8-9,13,16H,4H2. The highest BCUT2D eigenvalue weighted by atomic mass is 32.2. The lowest BCUT2D eigenvalue weighted by Crippen LogP contribution is -2.18. The van der Waals surface area contributed by atoms with Crippen molar-refractivity contribution in [1.29, 1.82) is 0 Å². The van der Waals surface area contributed by atoms with Gasteiger partial charge in [-0.2, -0.15) is 0 Å². The van der Waals surface area contributed by atoms with Gasteiger partial charge in [0.05, 0.1) is 4.91 Å². The van der Waals surface area contributed by atoms with Crippen LogP contribution in [0, 0.1) is 11.8 Å². The summed E-state index contributed by atoms with van der Waals surface area (Å²) in [6.07, 6.45) is 7.75. The van der Waals surface area contributed by atoms with Gasteiger partial charge in [0.1, 0.15) is 5.37 Å². The molecule has 0 amide bonds. The Kier molecular flexibility index (Phi) is 2.91. The number of allylic oxidation sites excluding steroid dienone is 3. The summed E-state index contributed by atoms with van der Waals surface area (Å²) in [7, 11) is 0. The first-order valence-corrected chi connectivity index (χ1v) is 6.50. The number of thioether (sulfide) groups is 1. The number of rotatable bonds is 0. The van der Waals surface area contributed by atoms with E-state index < -0.39 is 0 Å². The summed E-state index contributed by atoms with van der Waals surface area (Å²) < 4.78 is 0. The van der Waals surface area contributed by atoms with Gasteiger partial charge in [0.25, 0.3) is 0 Å². The molecule has 1 aliphatic carbocycles. The maximum Gasteiger partial charge on any atom is 0.193 e. The zero-order valence-corrected chi connectivity index (χ0v) is 10.3. The monoisotopic (exact) mass is 254 g/mol. The van der Waals surface area contributed by atoms with Crippen molar-refractivity contribution >= 4 is 17.5 Å². The lowest BCUT2D eigenvalue weighted by molar-refractivity contribution is -0.110. The van der Waals surface area contributed by atoms with Crippen molar-refractivity contribution in [3.63, 3.8) is 0 Å². The van der Waals surface area contributed by atoms with Crippen LogP contribution in [0.5, 0.6) is 0 Å². The topological polar surface area (TPSA) is 42.0 Å². The van der Waals surface area contributed by atoms with Crippen LogP contribution in [0.25, 0.3) is 0 Å². The van der Waals surface area contributed by atoms with Crippen LogP contribution in [0.15, 0.2) is 47.3 Å². The van der Waals surface area contributed by atoms with Crippen LogP contribution in [0.1, 0.15) is 12.0 Å². The molecule has 2 aliphatic rings. The van der Waals surface area contributed by atoms with Crippen molar-refractivity contribution in [1.82, 2.24) is 10.3 Å². The zero-order valence-electron chi connectivity index (χ0n) is 9.51. The Morgan fingerprint density at radius 2 is 2.44 bits per heavy atom. The Bertz CT molecular complexity index is 608. The molecule has 0 fully saturated rings. The van der Waals surface area contributed by atoms with E-state index >= 15 is 0 Å². The number of carbonyl (C=O) groups excluding carboxylic acids is 1. The first-order valence-electron chi connectivity index (χ1n) is 5.62. The number of nitrogens with zero attached hydrogens (tertiary/aromatic N) is 1. The van der Waals surface area contributed by atoms with Gasteiger partial charge in [-0.25, -0.2) is 0 Å². The van der Waals surface area contributed by atoms with Gasteiger partial charge in [-0.3, -0.25) is 9.78 Å². The third-order valence-electron chi connectivity index (χ3n) is 2.64. The molecule has 0 spiro atoms. The quantitative estimate of drug-likeness (QED) is 0.717. The molecule has 0 bridgehead atoms. The largest absolute Gasteiger partial charge is 0.365 e. The Hall–Kier alpha value is -1.99. The predicted molar refractivity (Wildman–Crippen MR) is 71.4 cm³/mol. The van der Waals surface area contributed by atoms with E-state index in [1.807, 2.05) is 18.2 Å². The summed E-state index contributed by atoms with van der Waals surface area (Å²) in [5.74, 6) is 6.25. The third kappa shape index (κ3) is 2.18. The molecule has 1 aromatic rings. The highest BCUT2D eigenvalue weighted by Crippen LogP contribution is 2.34. The second-order valence-corrected chi connectivity index (χ2v) is 5.05. The van der Waals surface area contributed by atoms with Gasteiger partial charge in [0.15, 0.2) is 5.78 Å². The molecule has 4 heteroatoms. The Labute approximate surface area is 109 Å². The first kappa shape index (κ1) is 11.1. The van der Waals surface area contributed by atoms with Crippen LogP contribution in [0.4, 0.5) is 0 Å². The lowest BCUT2D eigenvalue weighted by Gasteiger charge is -2.05. The molecule has 0 saturated carbocycles. The molecule has 3 rings (SSSR count). The molecular weight excluding hydrogens is 244 g/mol. The highest BCUT2D eigenvalue weighted by Gasteiger charge is 2.27. The number of carbonyl (C=O) groups is 1. The molecule has 3 nitrogen and oxygen atoms in total. The number of aromatic nitrogens is 1. The van der Waals surface area contributed by atoms with Gasteiger partial charge < -0.3 is 5.32 Å². The molecule has 1 N–H and O–H groups in total. The van der Waals surface area contributed by atoms with Gasteiger partial charge in [-0.15, -0.1) is 0 Å². The van der Waals surface area contributed by atoms with E-state index in [0.717, 1.165) is 22.6 Å². The SMILES string of the molecule is O=C1C=CCC2=C1SC(C#Cc1cccnc1)N2. The summed E-state index contributed by atoms with van der Waals surface area (Å²) in [4.78, 5) is 16.5. The van der Waals surface area contributed by atoms with E-state index in [4.69, 9.17) is 0 Å². The maximum atomic E-state index is 11.6. The van der Waals surface area contributed by atoms with E-state index in [1.165, 1.54) is 11.8 Å². The minimum atomic E-state index is -0.0425. The summed E-state index contributed by atoms with van der Waals surface area (Å²) in [5.41, 5.74) is 1.88. The van der Waals surface area contributed by atoms with Gasteiger partial charge >= 0.3 is 0 Å². The van der Waals surface area contributed by atoms with Crippen LogP contribution in [-0.4, -0.2) is 16.1 Å². The van der Waals surface area contributed by atoms with Gasteiger partial charge in [-0.05, 0) is 18.2 Å². The molecule has 1 aromatic heterocycles. The molecule has 1 aliphatic heterocycles. The predicted octanol–water partition coefficient (Wildman–Crippen LogP) is 1.84. The highest BCUT2D eigenvalue weighted by molar-refractivity contribution is 8.05. The molecule has 0 aromatic carbocycles. The smallest absolute Gasteiger partial charge is 0.193 e. The second-order valence-electron chi connectivity index (χ2n) is 3.93. The fraction of sp³-hybridized carbons (Fsp3) is 0.143. The van der Waals surface area contributed by atoms with Crippen molar-refractivity contribution in [2.24, 2.45) is 0 Å². The van der Waals surface area contributed by atoms with Gasteiger partial charge in [0, 0.05) is 30.1 Å².